The number of aliphatic imine (C=N–C) groups is 1. The van der Waals surface area contributed by atoms with Gasteiger partial charge >= 0.3 is 5.69 Å². The minimum atomic E-state index is -0.658. The lowest BCUT2D eigenvalue weighted by Gasteiger charge is -2.20. The fraction of sp³-hybridized carbons (Fsp3) is 0.320. The highest BCUT2D eigenvalue weighted by Crippen LogP contribution is 2.48. The Morgan fingerprint density at radius 3 is 2.71 bits per heavy atom. The molecule has 0 bridgehead atoms. The van der Waals surface area contributed by atoms with Gasteiger partial charge in [0.2, 0.25) is 5.88 Å². The molecule has 3 aromatic rings. The molecule has 178 valence electrons. The number of nitrogens with one attached hydrogen (secondary N) is 1. The Morgan fingerprint density at radius 1 is 1.18 bits per heavy atom. The monoisotopic (exact) mass is 481 g/mol. The number of aromatic hydroxyl groups is 1. The molecule has 0 amide bonds. The number of rotatable bonds is 7. The van der Waals surface area contributed by atoms with Gasteiger partial charge < -0.3 is 14.6 Å². The number of hydrogen-bond acceptors (Lipinski definition) is 7. The van der Waals surface area contributed by atoms with Crippen molar-refractivity contribution < 1.29 is 14.6 Å². The summed E-state index contributed by atoms with van der Waals surface area (Å²) in [5.41, 5.74) is 0.698. The Kier molecular flexibility index (Phi) is 7.12. The van der Waals surface area contributed by atoms with Gasteiger partial charge in [0.25, 0.3) is 5.56 Å². The molecular weight excluding hydrogens is 454 g/mol. The van der Waals surface area contributed by atoms with E-state index in [4.69, 9.17) is 14.5 Å². The van der Waals surface area contributed by atoms with E-state index in [1.54, 1.807) is 26.0 Å². The predicted molar refractivity (Wildman–Crippen MR) is 133 cm³/mol. The lowest BCUT2D eigenvalue weighted by Crippen LogP contribution is -2.34. The molecule has 0 fully saturated rings. The fourth-order valence-electron chi connectivity index (χ4n) is 3.98. The van der Waals surface area contributed by atoms with E-state index in [9.17, 15) is 14.7 Å². The molecule has 2 heterocycles. The molecular formula is C25H27N3O5S. The summed E-state index contributed by atoms with van der Waals surface area (Å²) in [5.74, 6) is 1.01. The van der Waals surface area contributed by atoms with E-state index in [1.807, 2.05) is 49.4 Å². The van der Waals surface area contributed by atoms with Crippen LogP contribution in [0.2, 0.25) is 0 Å². The van der Waals surface area contributed by atoms with Crippen LogP contribution < -0.4 is 20.7 Å². The van der Waals surface area contributed by atoms with Gasteiger partial charge in [0, 0.05) is 28.7 Å². The van der Waals surface area contributed by atoms with Gasteiger partial charge in [-0.2, -0.15) is 0 Å². The van der Waals surface area contributed by atoms with Gasteiger partial charge in [0.05, 0.1) is 25.6 Å². The van der Waals surface area contributed by atoms with Crippen LogP contribution in [0.25, 0.3) is 0 Å². The summed E-state index contributed by atoms with van der Waals surface area (Å²) >= 11 is 1.60. The lowest BCUT2D eigenvalue weighted by atomic mass is 10.0. The van der Waals surface area contributed by atoms with E-state index in [2.05, 4.69) is 4.98 Å². The third-order valence-corrected chi connectivity index (χ3v) is 7.05. The van der Waals surface area contributed by atoms with Crippen molar-refractivity contribution in [1.82, 2.24) is 9.55 Å². The number of H-pyrrole nitrogens is 1. The van der Waals surface area contributed by atoms with E-state index in [0.717, 1.165) is 16.9 Å². The second kappa shape index (κ2) is 10.2. The van der Waals surface area contributed by atoms with E-state index in [1.165, 1.54) is 4.57 Å². The van der Waals surface area contributed by atoms with Crippen LogP contribution in [0.1, 0.15) is 42.6 Å². The molecule has 8 nitrogen and oxygen atoms in total. The summed E-state index contributed by atoms with van der Waals surface area (Å²) in [5, 5.41) is 10.8. The predicted octanol–water partition coefficient (Wildman–Crippen LogP) is 4.42. The van der Waals surface area contributed by atoms with Crippen molar-refractivity contribution in [3.63, 3.8) is 0 Å². The number of aromatic amines is 1. The number of nitrogens with zero attached hydrogens (tertiary/aromatic N) is 2. The Hall–Kier alpha value is -3.46. The number of unbranched alkanes of at least 4 members (excludes halogenated alkanes) is 1. The minimum Gasteiger partial charge on any atom is -0.497 e. The topological polar surface area (TPSA) is 106 Å². The van der Waals surface area contributed by atoms with Gasteiger partial charge in [-0.3, -0.25) is 19.3 Å². The first kappa shape index (κ1) is 23.7. The molecule has 4 rings (SSSR count). The SMILES string of the molecule is CCCCn1c(O)c(C2=Nc3ccccc3S[C@H](c3cc(OC)ccc3OC)C2)c(=O)[nH]c1=O. The van der Waals surface area contributed by atoms with E-state index >= 15 is 0 Å². The van der Waals surface area contributed by atoms with Crippen LogP contribution in [-0.2, 0) is 6.54 Å². The van der Waals surface area contributed by atoms with Crippen molar-refractivity contribution in [2.75, 3.05) is 14.2 Å². The quantitative estimate of drug-likeness (QED) is 0.518. The van der Waals surface area contributed by atoms with Crippen molar-refractivity contribution >= 4 is 23.2 Å². The van der Waals surface area contributed by atoms with E-state index in [0.29, 0.717) is 42.3 Å². The number of thioether (sulfide) groups is 1. The highest BCUT2D eigenvalue weighted by atomic mass is 32.2. The summed E-state index contributed by atoms with van der Waals surface area (Å²) in [6.07, 6.45) is 1.85. The number of benzene rings is 2. The first-order valence-corrected chi connectivity index (χ1v) is 12.0. The summed E-state index contributed by atoms with van der Waals surface area (Å²) in [6.45, 7) is 2.29. The summed E-state index contributed by atoms with van der Waals surface area (Å²) in [4.78, 5) is 33.4. The number of aromatic nitrogens is 2. The van der Waals surface area contributed by atoms with Crippen LogP contribution in [0.3, 0.4) is 0 Å². The molecule has 0 saturated heterocycles. The molecule has 0 saturated carbocycles. The molecule has 0 aliphatic carbocycles. The van der Waals surface area contributed by atoms with Crippen molar-refractivity contribution in [1.29, 1.82) is 0 Å². The zero-order valence-electron chi connectivity index (χ0n) is 19.3. The molecule has 0 spiro atoms. The Morgan fingerprint density at radius 2 is 1.97 bits per heavy atom. The molecule has 0 unspecified atom stereocenters. The van der Waals surface area contributed by atoms with Gasteiger partial charge in [-0.15, -0.1) is 11.8 Å². The molecule has 34 heavy (non-hydrogen) atoms. The Bertz CT molecular complexity index is 1350. The van der Waals surface area contributed by atoms with Crippen LogP contribution in [0.15, 0.2) is 61.9 Å². The van der Waals surface area contributed by atoms with Gasteiger partial charge in [0.1, 0.15) is 17.1 Å². The Balaban J connectivity index is 1.90. The summed E-state index contributed by atoms with van der Waals surface area (Å²) in [6, 6.07) is 13.2. The number of methoxy groups -OCH3 is 2. The van der Waals surface area contributed by atoms with E-state index in [-0.39, 0.29) is 16.7 Å². The lowest BCUT2D eigenvalue weighted by molar-refractivity contribution is 0.394. The van der Waals surface area contributed by atoms with Gasteiger partial charge in [0.15, 0.2) is 0 Å². The second-order valence-corrected chi connectivity index (χ2v) is 9.15. The summed E-state index contributed by atoms with van der Waals surface area (Å²) in [7, 11) is 3.21. The third kappa shape index (κ3) is 4.61. The maximum absolute atomic E-state index is 12.9. The van der Waals surface area contributed by atoms with Crippen LogP contribution in [0.5, 0.6) is 17.4 Å². The number of para-hydroxylation sites is 1. The number of fused-ring (bicyclic) bond motifs is 1. The third-order valence-electron chi connectivity index (χ3n) is 5.75. The van der Waals surface area contributed by atoms with Crippen LogP contribution in [0.4, 0.5) is 5.69 Å². The minimum absolute atomic E-state index is 0.0138. The van der Waals surface area contributed by atoms with E-state index < -0.39 is 11.2 Å². The van der Waals surface area contributed by atoms with Gasteiger partial charge in [-0.05, 0) is 36.8 Å². The average Bonchev–Trinajstić information content (AvgIpc) is 3.03. The standard InChI is InChI=1S/C25H27N3O5S/c1-4-5-12-28-24(30)22(23(29)27-25(28)31)18-14-21(34-20-9-7-6-8-17(20)26-18)16-13-15(32-2)10-11-19(16)33-3/h6-11,13,21,30H,4-5,12,14H2,1-3H3,(H,27,29,31)/t21-/m0/s1. The second-order valence-electron chi connectivity index (χ2n) is 7.91. The smallest absolute Gasteiger partial charge is 0.331 e. The molecule has 0 radical (unpaired) electrons. The molecule has 9 heteroatoms. The maximum atomic E-state index is 12.9. The highest BCUT2D eigenvalue weighted by Gasteiger charge is 2.29. The average molecular weight is 482 g/mol. The molecule has 1 atom stereocenters. The first-order chi connectivity index (χ1) is 16.5. The normalized spacial score (nSPS) is 15.3. The van der Waals surface area contributed by atoms with Crippen molar-refractivity contribution in [3.05, 3.63) is 74.4 Å². The zero-order chi connectivity index (χ0) is 24.2. The van der Waals surface area contributed by atoms with Gasteiger partial charge in [-0.25, -0.2) is 4.79 Å². The fourth-order valence-corrected chi connectivity index (χ4v) is 5.23. The highest BCUT2D eigenvalue weighted by molar-refractivity contribution is 7.99. The molecule has 1 aromatic heterocycles. The largest absolute Gasteiger partial charge is 0.497 e. The number of ether oxygens (including phenoxy) is 2. The molecule has 1 aliphatic heterocycles. The van der Waals surface area contributed by atoms with Crippen LogP contribution in [-0.4, -0.2) is 34.6 Å². The molecule has 2 aromatic carbocycles. The number of hydrogen-bond donors (Lipinski definition) is 2. The van der Waals surface area contributed by atoms with Crippen LogP contribution in [0, 0.1) is 0 Å². The Labute approximate surface area is 201 Å². The van der Waals surface area contributed by atoms with Crippen molar-refractivity contribution in [2.45, 2.75) is 42.9 Å². The van der Waals surface area contributed by atoms with Gasteiger partial charge in [-0.1, -0.05) is 25.5 Å². The molecule has 1 aliphatic rings. The molecule has 2 N–H and O–H groups in total. The van der Waals surface area contributed by atoms with Crippen molar-refractivity contribution in [2.24, 2.45) is 4.99 Å². The summed E-state index contributed by atoms with van der Waals surface area (Å²) < 4.78 is 12.3. The zero-order valence-corrected chi connectivity index (χ0v) is 20.1. The van der Waals surface area contributed by atoms with Crippen molar-refractivity contribution in [3.8, 4) is 17.4 Å². The first-order valence-electron chi connectivity index (χ1n) is 11.1. The maximum Gasteiger partial charge on any atom is 0.331 e. The van der Waals surface area contributed by atoms with Crippen LogP contribution >= 0.6 is 11.8 Å².